The molecule has 0 aliphatic heterocycles. The van der Waals surface area contributed by atoms with Crippen molar-refractivity contribution in [1.82, 2.24) is 9.97 Å². The zero-order valence-corrected chi connectivity index (χ0v) is 11.8. The number of rotatable bonds is 3. The van der Waals surface area contributed by atoms with Crippen LogP contribution in [0.4, 0.5) is 5.82 Å². The number of nitrogens with one attached hydrogen (secondary N) is 1. The molecule has 0 radical (unpaired) electrons. The average Bonchev–Trinajstić information content (AvgIpc) is 2.28. The van der Waals surface area contributed by atoms with Crippen LogP contribution in [0.2, 0.25) is 15.3 Å². The summed E-state index contributed by atoms with van der Waals surface area (Å²) in [5.74, 6) is 0.647. The molecule has 0 spiro atoms. The molecule has 0 fully saturated rings. The largest absolute Gasteiger partial charge is 0.363 e. The minimum Gasteiger partial charge on any atom is -0.363 e. The van der Waals surface area contributed by atoms with E-state index in [9.17, 15) is 0 Å². The summed E-state index contributed by atoms with van der Waals surface area (Å²) in [5, 5.41) is 4.62. The predicted molar refractivity (Wildman–Crippen MR) is 75.5 cm³/mol. The molecule has 6 heteroatoms. The number of hydrogen-bond donors (Lipinski definition) is 1. The van der Waals surface area contributed by atoms with Gasteiger partial charge in [0.2, 0.25) is 5.28 Å². The van der Waals surface area contributed by atoms with Gasteiger partial charge in [0.05, 0.1) is 6.04 Å². The van der Waals surface area contributed by atoms with Crippen LogP contribution in [0.25, 0.3) is 0 Å². The van der Waals surface area contributed by atoms with E-state index < -0.39 is 0 Å². The van der Waals surface area contributed by atoms with Crippen LogP contribution in [0.5, 0.6) is 0 Å². The average molecular weight is 303 g/mol. The van der Waals surface area contributed by atoms with E-state index in [0.717, 1.165) is 5.56 Å². The Morgan fingerprint density at radius 1 is 1.17 bits per heavy atom. The molecule has 0 aliphatic carbocycles. The van der Waals surface area contributed by atoms with Gasteiger partial charge in [-0.3, -0.25) is 0 Å². The molecule has 0 bridgehead atoms. The summed E-state index contributed by atoms with van der Waals surface area (Å²) in [6, 6.07) is 7.12. The van der Waals surface area contributed by atoms with Crippen LogP contribution in [0.15, 0.2) is 30.5 Å². The highest BCUT2D eigenvalue weighted by molar-refractivity contribution is 6.35. The van der Waals surface area contributed by atoms with Gasteiger partial charge in [0.1, 0.15) is 5.82 Å². The minimum atomic E-state index is -0.0132. The molecule has 1 N–H and O–H groups in total. The molecule has 3 nitrogen and oxygen atoms in total. The molecular weight excluding hydrogens is 293 g/mol. The van der Waals surface area contributed by atoms with Crippen molar-refractivity contribution in [1.29, 1.82) is 0 Å². The lowest BCUT2D eigenvalue weighted by Gasteiger charge is -2.16. The van der Waals surface area contributed by atoms with Gasteiger partial charge in [-0.2, -0.15) is 0 Å². The zero-order valence-electron chi connectivity index (χ0n) is 9.49. The van der Waals surface area contributed by atoms with Crippen molar-refractivity contribution in [3.8, 4) is 0 Å². The summed E-state index contributed by atoms with van der Waals surface area (Å²) in [6.07, 6.45) is 1.59. The zero-order chi connectivity index (χ0) is 13.1. The van der Waals surface area contributed by atoms with Crippen molar-refractivity contribution >= 4 is 40.6 Å². The first-order valence-electron chi connectivity index (χ1n) is 5.26. The van der Waals surface area contributed by atoms with Gasteiger partial charge in [0.15, 0.2) is 0 Å². The first kappa shape index (κ1) is 13.4. The number of hydrogen-bond acceptors (Lipinski definition) is 3. The lowest BCUT2D eigenvalue weighted by Crippen LogP contribution is -2.08. The van der Waals surface area contributed by atoms with Crippen molar-refractivity contribution in [2.45, 2.75) is 13.0 Å². The number of benzene rings is 1. The summed E-state index contributed by atoms with van der Waals surface area (Å²) < 4.78 is 0. The Hall–Kier alpha value is -1.03. The lowest BCUT2D eigenvalue weighted by molar-refractivity contribution is 0.872. The van der Waals surface area contributed by atoms with Gasteiger partial charge in [-0.25, -0.2) is 9.97 Å². The molecule has 0 aliphatic rings. The quantitative estimate of drug-likeness (QED) is 0.841. The van der Waals surface area contributed by atoms with Gasteiger partial charge in [0, 0.05) is 16.2 Å². The smallest absolute Gasteiger partial charge is 0.224 e. The van der Waals surface area contributed by atoms with Gasteiger partial charge < -0.3 is 5.32 Å². The van der Waals surface area contributed by atoms with Crippen LogP contribution in [0.1, 0.15) is 18.5 Å². The number of halogens is 3. The van der Waals surface area contributed by atoms with E-state index in [4.69, 9.17) is 34.8 Å². The fourth-order valence-electron chi connectivity index (χ4n) is 1.57. The van der Waals surface area contributed by atoms with E-state index in [1.807, 2.05) is 13.0 Å². The maximum absolute atomic E-state index is 6.14. The Balaban J connectivity index is 2.19. The fourth-order valence-corrected chi connectivity index (χ4v) is 2.29. The Kier molecular flexibility index (Phi) is 4.27. The van der Waals surface area contributed by atoms with Crippen LogP contribution in [-0.2, 0) is 0 Å². The minimum absolute atomic E-state index is 0.0132. The highest BCUT2D eigenvalue weighted by Gasteiger charge is 2.10. The molecule has 18 heavy (non-hydrogen) atoms. The van der Waals surface area contributed by atoms with Crippen LogP contribution < -0.4 is 5.32 Å². The maximum Gasteiger partial charge on any atom is 0.224 e. The van der Waals surface area contributed by atoms with Crippen molar-refractivity contribution in [2.75, 3.05) is 5.32 Å². The highest BCUT2D eigenvalue weighted by Crippen LogP contribution is 2.28. The first-order chi connectivity index (χ1) is 8.56. The van der Waals surface area contributed by atoms with Gasteiger partial charge in [-0.1, -0.05) is 29.3 Å². The molecule has 2 rings (SSSR count). The maximum atomic E-state index is 6.14. The van der Waals surface area contributed by atoms with Crippen LogP contribution >= 0.6 is 34.8 Å². The van der Waals surface area contributed by atoms with Gasteiger partial charge >= 0.3 is 0 Å². The van der Waals surface area contributed by atoms with Crippen LogP contribution in [-0.4, -0.2) is 9.97 Å². The third kappa shape index (κ3) is 3.25. The Labute approximate surface area is 120 Å². The molecule has 1 heterocycles. The summed E-state index contributed by atoms with van der Waals surface area (Å²) in [7, 11) is 0. The van der Waals surface area contributed by atoms with Crippen molar-refractivity contribution in [3.05, 3.63) is 51.4 Å². The molecule has 0 saturated carbocycles. The molecule has 1 aromatic carbocycles. The second kappa shape index (κ2) is 5.74. The molecule has 1 unspecified atom stereocenters. The van der Waals surface area contributed by atoms with Crippen molar-refractivity contribution in [2.24, 2.45) is 0 Å². The van der Waals surface area contributed by atoms with E-state index in [1.165, 1.54) is 0 Å². The molecule has 2 aromatic rings. The van der Waals surface area contributed by atoms with E-state index in [-0.39, 0.29) is 11.3 Å². The monoisotopic (exact) mass is 301 g/mol. The Morgan fingerprint density at radius 2 is 1.94 bits per heavy atom. The lowest BCUT2D eigenvalue weighted by atomic mass is 10.1. The van der Waals surface area contributed by atoms with Gasteiger partial charge in [0.25, 0.3) is 0 Å². The first-order valence-corrected chi connectivity index (χ1v) is 6.39. The molecule has 0 amide bonds. The number of anilines is 1. The van der Waals surface area contributed by atoms with E-state index in [0.29, 0.717) is 15.9 Å². The molecule has 1 aromatic heterocycles. The fraction of sp³-hybridized carbons (Fsp3) is 0.167. The predicted octanol–water partition coefficient (Wildman–Crippen LogP) is 4.61. The molecule has 94 valence electrons. The van der Waals surface area contributed by atoms with E-state index in [2.05, 4.69) is 15.3 Å². The van der Waals surface area contributed by atoms with Crippen molar-refractivity contribution in [3.63, 3.8) is 0 Å². The number of nitrogens with zero attached hydrogens (tertiary/aromatic N) is 2. The normalized spacial score (nSPS) is 12.2. The van der Waals surface area contributed by atoms with Gasteiger partial charge in [-0.15, -0.1) is 0 Å². The summed E-state index contributed by atoms with van der Waals surface area (Å²) in [5.41, 5.74) is 0.941. The second-order valence-electron chi connectivity index (χ2n) is 3.74. The van der Waals surface area contributed by atoms with E-state index in [1.54, 1.807) is 24.4 Å². The molecule has 0 saturated heterocycles. The number of aromatic nitrogens is 2. The summed E-state index contributed by atoms with van der Waals surface area (Å²) >= 11 is 17.7. The Morgan fingerprint density at radius 3 is 2.61 bits per heavy atom. The van der Waals surface area contributed by atoms with E-state index >= 15 is 0 Å². The van der Waals surface area contributed by atoms with Crippen LogP contribution in [0, 0.1) is 0 Å². The molecular formula is C12H10Cl3N3. The standard InChI is InChI=1S/C12H10Cl3N3/c1-7(9-3-2-8(13)6-10(9)14)17-11-4-5-16-12(15)18-11/h2-7H,1H3,(H,16,17,18). The highest BCUT2D eigenvalue weighted by atomic mass is 35.5. The summed E-state index contributed by atoms with van der Waals surface area (Å²) in [6.45, 7) is 1.98. The van der Waals surface area contributed by atoms with Crippen molar-refractivity contribution < 1.29 is 0 Å². The van der Waals surface area contributed by atoms with Crippen LogP contribution in [0.3, 0.4) is 0 Å². The SMILES string of the molecule is CC(Nc1ccnc(Cl)n1)c1ccc(Cl)cc1Cl. The third-order valence-corrected chi connectivity index (χ3v) is 3.16. The molecule has 1 atom stereocenters. The topological polar surface area (TPSA) is 37.8 Å². The Bertz CT molecular complexity index is 560. The van der Waals surface area contributed by atoms with Gasteiger partial charge in [-0.05, 0) is 42.3 Å². The summed E-state index contributed by atoms with van der Waals surface area (Å²) in [4.78, 5) is 7.88. The second-order valence-corrected chi connectivity index (χ2v) is 4.92. The third-order valence-electron chi connectivity index (χ3n) is 2.42.